The van der Waals surface area contributed by atoms with E-state index in [1.165, 1.54) is 12.3 Å². The van der Waals surface area contributed by atoms with E-state index in [1.54, 1.807) is 30.3 Å². The lowest BCUT2D eigenvalue weighted by molar-refractivity contribution is -0.186. The van der Waals surface area contributed by atoms with Crippen LogP contribution in [0.25, 0.3) is 0 Å². The smallest absolute Gasteiger partial charge is 0.335 e. The van der Waals surface area contributed by atoms with Crippen molar-refractivity contribution in [1.82, 2.24) is 9.13 Å². The summed E-state index contributed by atoms with van der Waals surface area (Å²) < 4.78 is 28.9. The third-order valence-corrected chi connectivity index (χ3v) is 31.1. The molecule has 2 aromatic carbocycles. The first kappa shape index (κ1) is 36.3. The van der Waals surface area contributed by atoms with Gasteiger partial charge in [0.25, 0.3) is 5.56 Å². The summed E-state index contributed by atoms with van der Waals surface area (Å²) in [6.07, 6.45) is -2.37. The molecule has 0 saturated carbocycles. The highest BCUT2D eigenvalue weighted by atomic mass is 29.3. The summed E-state index contributed by atoms with van der Waals surface area (Å²) in [5, 5.41) is 12.1. The van der Waals surface area contributed by atoms with Gasteiger partial charge in [-0.3, -0.25) is 14.2 Å². The Morgan fingerprint density at radius 2 is 1.40 bits per heavy atom. The Bertz CT molecular complexity index is 1680. The number of aliphatic hydroxyl groups excluding tert-OH is 1. The fourth-order valence-electron chi connectivity index (χ4n) is 8.44. The van der Waals surface area contributed by atoms with Crippen LogP contribution in [-0.2, 0) is 42.2 Å². The second-order valence-corrected chi connectivity index (χ2v) is 27.3. The number of fused-ring (bicyclic) bond motifs is 1. The van der Waals surface area contributed by atoms with Crippen molar-refractivity contribution < 1.29 is 28.2 Å². The molecule has 2 aliphatic heterocycles. The minimum absolute atomic E-state index is 0.0883. The van der Waals surface area contributed by atoms with E-state index < -0.39 is 56.7 Å². The lowest BCUT2D eigenvalue weighted by Gasteiger charge is -2.54. The molecule has 12 heteroatoms. The molecule has 3 heterocycles. The predicted octanol–water partition coefficient (Wildman–Crippen LogP) is 5.56. The normalized spacial score (nSPS) is 24.3. The van der Waals surface area contributed by atoms with Crippen LogP contribution in [0.5, 0.6) is 0 Å². The Balaban J connectivity index is 1.65. The summed E-state index contributed by atoms with van der Waals surface area (Å²) in [7, 11) is -5.60. The van der Waals surface area contributed by atoms with E-state index in [2.05, 4.69) is 55.4 Å². The molecule has 1 unspecified atom stereocenters. The molecule has 2 fully saturated rings. The first-order valence-electron chi connectivity index (χ1n) is 17.0. The van der Waals surface area contributed by atoms with Crippen LogP contribution in [0.3, 0.4) is 0 Å². The van der Waals surface area contributed by atoms with Gasteiger partial charge in [0.05, 0.1) is 13.2 Å². The van der Waals surface area contributed by atoms with Crippen LogP contribution in [0.15, 0.2) is 82.5 Å². The third-order valence-electron chi connectivity index (χ3n) is 10.4. The molecule has 0 aliphatic carbocycles. The number of aliphatic hydroxyl groups is 1. The van der Waals surface area contributed by atoms with Crippen molar-refractivity contribution in [3.63, 3.8) is 0 Å². The third kappa shape index (κ3) is 5.74. The maximum atomic E-state index is 15.2. The molecule has 1 N–H and O–H groups in total. The number of carbonyl (C=O) groups excluding carboxylic acids is 1. The minimum atomic E-state index is -2.91. The van der Waals surface area contributed by atoms with Gasteiger partial charge in [0.15, 0.2) is 0 Å². The van der Waals surface area contributed by atoms with Crippen LogP contribution in [0, 0.1) is 0 Å². The van der Waals surface area contributed by atoms with E-state index in [0.29, 0.717) is 5.56 Å². The monoisotopic (exact) mass is 694 g/mol. The highest BCUT2D eigenvalue weighted by Gasteiger charge is 2.72. The van der Waals surface area contributed by atoms with Gasteiger partial charge >= 0.3 is 5.69 Å². The Morgan fingerprint density at radius 1 is 0.833 bits per heavy atom. The maximum Gasteiger partial charge on any atom is 0.335 e. The second-order valence-electron chi connectivity index (χ2n) is 14.3. The molecule has 0 radical (unpaired) electrons. The average Bonchev–Trinajstić information content (AvgIpc) is 3.22. The van der Waals surface area contributed by atoms with Crippen LogP contribution in [-0.4, -0.2) is 54.5 Å². The number of nitrogens with zero attached hydrogens (tertiary/aromatic N) is 2. The van der Waals surface area contributed by atoms with E-state index in [-0.39, 0.29) is 42.1 Å². The van der Waals surface area contributed by atoms with Crippen LogP contribution in [0.2, 0.25) is 22.2 Å². The van der Waals surface area contributed by atoms with Gasteiger partial charge in [0.2, 0.25) is 27.2 Å². The van der Waals surface area contributed by atoms with Crippen molar-refractivity contribution in [3.8, 4) is 0 Å². The number of rotatable bonds is 11. The van der Waals surface area contributed by atoms with Crippen molar-refractivity contribution in [1.29, 1.82) is 0 Å². The zero-order valence-electron chi connectivity index (χ0n) is 29.3. The molecule has 2 aliphatic rings. The van der Waals surface area contributed by atoms with Crippen LogP contribution < -0.4 is 11.2 Å². The van der Waals surface area contributed by atoms with E-state index in [4.69, 9.17) is 18.3 Å². The van der Waals surface area contributed by atoms with Crippen molar-refractivity contribution in [2.75, 3.05) is 6.61 Å². The summed E-state index contributed by atoms with van der Waals surface area (Å²) >= 11 is 0. The molecular weight excluding hydrogens is 645 g/mol. The molecule has 0 spiro atoms. The number of ether oxygens (including phenoxy) is 2. The van der Waals surface area contributed by atoms with Gasteiger partial charge in [0.1, 0.15) is 25.0 Å². The van der Waals surface area contributed by atoms with E-state index in [0.717, 1.165) is 14.7 Å². The Labute approximate surface area is 284 Å². The van der Waals surface area contributed by atoms with Crippen LogP contribution in [0.1, 0.15) is 72.6 Å². The number of aromatic nitrogens is 2. The number of benzene rings is 2. The second kappa shape index (κ2) is 14.1. The summed E-state index contributed by atoms with van der Waals surface area (Å²) in [4.78, 5) is 42.5. The van der Waals surface area contributed by atoms with Gasteiger partial charge < -0.3 is 23.4 Å². The fraction of sp³-hybridized carbons (Fsp3) is 0.528. The summed E-state index contributed by atoms with van der Waals surface area (Å²) in [5.74, 6) is -0.569. The van der Waals surface area contributed by atoms with Gasteiger partial charge in [-0.2, -0.15) is 0 Å². The first-order chi connectivity index (χ1) is 22.8. The van der Waals surface area contributed by atoms with E-state index in [9.17, 15) is 14.7 Å². The van der Waals surface area contributed by atoms with Gasteiger partial charge in [-0.25, -0.2) is 9.36 Å². The molecular formula is C36H50N2O8Si2. The molecule has 4 atom stereocenters. The molecule has 2 saturated heterocycles. The largest absolute Gasteiger partial charge is 0.413 e. The quantitative estimate of drug-likeness (QED) is 0.259. The fourth-order valence-corrected chi connectivity index (χ4v) is 30.1. The Kier molecular flexibility index (Phi) is 10.7. The molecule has 5 rings (SSSR count). The SMILES string of the molecule is CC(C)[Si]1(C(C)C)OC[C@H]2O[C@@](C(O)c3ccccc3)(n3ccc(=O)n(COCc4ccccc4)c3=O)C(=O)[C@@H]2O[Si]1(C(C)C)C(C)C. The molecule has 48 heavy (non-hydrogen) atoms. The van der Waals surface area contributed by atoms with Gasteiger partial charge in [-0.05, 0) is 33.3 Å². The molecule has 0 bridgehead atoms. The van der Waals surface area contributed by atoms with E-state index >= 15 is 4.79 Å². The first-order valence-corrected chi connectivity index (χ1v) is 22.1. The highest BCUT2D eigenvalue weighted by Crippen LogP contribution is 2.55. The van der Waals surface area contributed by atoms with Crippen molar-refractivity contribution in [2.45, 2.75) is 115 Å². The number of carbonyl (C=O) groups is 1. The van der Waals surface area contributed by atoms with Gasteiger partial charge in [-0.1, -0.05) is 116 Å². The Morgan fingerprint density at radius 3 is 1.96 bits per heavy atom. The summed E-state index contributed by atoms with van der Waals surface area (Å²) in [5.41, 5.74) is -1.80. The number of Topliss-reactive ketones (excluding diaryl/α,β-unsaturated/α-hetero) is 1. The number of ketones is 1. The van der Waals surface area contributed by atoms with E-state index in [1.807, 2.05) is 30.3 Å². The molecule has 0 amide bonds. The summed E-state index contributed by atoms with van der Waals surface area (Å²) in [6, 6.07) is 19.2. The minimum Gasteiger partial charge on any atom is -0.413 e. The van der Waals surface area contributed by atoms with Crippen molar-refractivity contribution in [3.05, 3.63) is 105 Å². The molecule has 260 valence electrons. The molecule has 1 aromatic heterocycles. The zero-order valence-corrected chi connectivity index (χ0v) is 31.3. The van der Waals surface area contributed by atoms with Gasteiger partial charge in [-0.15, -0.1) is 0 Å². The topological polar surface area (TPSA) is 118 Å². The lowest BCUT2D eigenvalue weighted by atomic mass is 9.93. The number of hydrogen-bond acceptors (Lipinski definition) is 8. The van der Waals surface area contributed by atoms with Crippen molar-refractivity contribution >= 4 is 21.5 Å². The Hall–Kier alpha value is -2.98. The standard InChI is InChI=1S/C36H50N2O8Si2/c1-24(2)47(25(3)4)44-22-30-32(46-48(47,26(5)6)27(7)8)34(41)36(45-30,33(40)29-17-13-10-14-18-29)38-20-19-31(39)37(35(38)42)23-43-21-28-15-11-9-12-16-28/h9-20,24-27,30,32-33,40H,21-23H2,1-8H3/t30-,32-,33?,36-/m1/s1. The lowest BCUT2D eigenvalue weighted by Crippen LogP contribution is -2.73. The summed E-state index contributed by atoms with van der Waals surface area (Å²) in [6.45, 7) is 17.4. The van der Waals surface area contributed by atoms with Crippen molar-refractivity contribution in [2.24, 2.45) is 0 Å². The van der Waals surface area contributed by atoms with Gasteiger partial charge in [0, 0.05) is 12.3 Å². The maximum absolute atomic E-state index is 15.2. The molecule has 3 aromatic rings. The average molecular weight is 695 g/mol. The number of hydrogen-bond donors (Lipinski definition) is 1. The predicted molar refractivity (Wildman–Crippen MR) is 188 cm³/mol. The molecule has 10 nitrogen and oxygen atoms in total. The highest BCUT2D eigenvalue weighted by molar-refractivity contribution is 7.39. The zero-order chi connectivity index (χ0) is 35.0. The van der Waals surface area contributed by atoms with Crippen LogP contribution in [0.4, 0.5) is 0 Å². The van der Waals surface area contributed by atoms with Crippen LogP contribution >= 0.6 is 0 Å².